The Hall–Kier alpha value is -3.73. The number of nitriles is 1. The maximum Gasteiger partial charge on any atom is 0.412 e. The minimum Gasteiger partial charge on any atom is -0.487 e. The molecule has 3 N–H and O–H groups in total. The fourth-order valence-electron chi connectivity index (χ4n) is 3.47. The first-order valence-electron chi connectivity index (χ1n) is 10.3. The van der Waals surface area contributed by atoms with Gasteiger partial charge in [0.1, 0.15) is 17.0 Å². The van der Waals surface area contributed by atoms with Gasteiger partial charge < -0.3 is 20.1 Å². The Morgan fingerprint density at radius 1 is 1.12 bits per heavy atom. The molecular formula is C24H28N4O4. The van der Waals surface area contributed by atoms with Crippen LogP contribution < -0.4 is 20.7 Å². The van der Waals surface area contributed by atoms with Gasteiger partial charge in [-0.2, -0.15) is 5.26 Å². The summed E-state index contributed by atoms with van der Waals surface area (Å²) >= 11 is 0. The smallest absolute Gasteiger partial charge is 0.412 e. The fraction of sp³-hybridized carbons (Fsp3) is 0.375. The Labute approximate surface area is 187 Å². The lowest BCUT2D eigenvalue weighted by atomic mass is 9.89. The summed E-state index contributed by atoms with van der Waals surface area (Å²) in [5.74, 6) is 0.632. The van der Waals surface area contributed by atoms with E-state index in [-0.39, 0.29) is 6.04 Å². The zero-order valence-electron chi connectivity index (χ0n) is 18.9. The standard InChI is InChI=1S/C24H28N4O4/c1-23(2,3)32-22(30)27-17-9-10-20-18(12-17)19(13-24(4,5)31-20)28-21(29)26-16-8-6-7-15(11-16)14-25/h6-12,19H,13H2,1-5H3,(H,27,30)(H2,26,28,29)/t19-/m1/s1. The molecule has 3 rings (SSSR count). The molecule has 0 unspecified atom stereocenters. The van der Waals surface area contributed by atoms with E-state index in [9.17, 15) is 9.59 Å². The van der Waals surface area contributed by atoms with Crippen LogP contribution in [-0.2, 0) is 4.74 Å². The van der Waals surface area contributed by atoms with Crippen molar-refractivity contribution in [3.8, 4) is 11.8 Å². The van der Waals surface area contributed by atoms with Crippen LogP contribution in [-0.4, -0.2) is 23.3 Å². The molecule has 1 atom stereocenters. The van der Waals surface area contributed by atoms with Gasteiger partial charge in [-0.15, -0.1) is 0 Å². The molecule has 3 amide bonds. The van der Waals surface area contributed by atoms with Crippen molar-refractivity contribution in [2.45, 2.75) is 58.3 Å². The highest BCUT2D eigenvalue weighted by Crippen LogP contribution is 2.40. The van der Waals surface area contributed by atoms with Crippen LogP contribution in [0, 0.1) is 11.3 Å². The third-order valence-electron chi connectivity index (χ3n) is 4.67. The molecule has 32 heavy (non-hydrogen) atoms. The number of benzene rings is 2. The molecule has 0 bridgehead atoms. The predicted octanol–water partition coefficient (Wildman–Crippen LogP) is 5.33. The maximum absolute atomic E-state index is 12.7. The molecule has 2 aromatic rings. The number of hydrogen-bond acceptors (Lipinski definition) is 5. The molecule has 1 aliphatic heterocycles. The number of anilines is 2. The van der Waals surface area contributed by atoms with Crippen LogP contribution in [0.4, 0.5) is 21.0 Å². The minimum absolute atomic E-state index is 0.353. The molecule has 1 aliphatic rings. The zero-order valence-corrected chi connectivity index (χ0v) is 18.9. The first kappa shape index (κ1) is 22.9. The molecule has 0 saturated heterocycles. The molecule has 0 fully saturated rings. The van der Waals surface area contributed by atoms with Crippen molar-refractivity contribution >= 4 is 23.5 Å². The van der Waals surface area contributed by atoms with E-state index in [0.717, 1.165) is 5.56 Å². The van der Waals surface area contributed by atoms with E-state index in [1.165, 1.54) is 0 Å². The summed E-state index contributed by atoms with van der Waals surface area (Å²) in [7, 11) is 0. The van der Waals surface area contributed by atoms with E-state index in [2.05, 4.69) is 16.0 Å². The van der Waals surface area contributed by atoms with E-state index in [4.69, 9.17) is 14.7 Å². The summed E-state index contributed by atoms with van der Waals surface area (Å²) in [6, 6.07) is 13.3. The lowest BCUT2D eigenvalue weighted by Gasteiger charge is -2.38. The second-order valence-corrected chi connectivity index (χ2v) is 9.29. The quantitative estimate of drug-likeness (QED) is 0.602. The van der Waals surface area contributed by atoms with E-state index in [0.29, 0.717) is 29.1 Å². The number of hydrogen-bond donors (Lipinski definition) is 3. The normalized spacial score (nSPS) is 16.6. The number of carbonyl (C=O) groups is 2. The van der Waals surface area contributed by atoms with Gasteiger partial charge in [-0.25, -0.2) is 9.59 Å². The van der Waals surface area contributed by atoms with Crippen molar-refractivity contribution in [2.75, 3.05) is 10.6 Å². The molecule has 8 heteroatoms. The lowest BCUT2D eigenvalue weighted by molar-refractivity contribution is 0.0631. The number of nitrogens with one attached hydrogen (secondary N) is 3. The van der Waals surface area contributed by atoms with Gasteiger partial charge in [-0.05, 0) is 71.0 Å². The monoisotopic (exact) mass is 436 g/mol. The highest BCUT2D eigenvalue weighted by Gasteiger charge is 2.35. The van der Waals surface area contributed by atoms with Gasteiger partial charge in [0.15, 0.2) is 0 Å². The Morgan fingerprint density at radius 2 is 1.84 bits per heavy atom. The SMILES string of the molecule is CC(C)(C)OC(=O)Nc1ccc2c(c1)[C@H](NC(=O)Nc1cccc(C#N)c1)CC(C)(C)O2. The number of carbonyl (C=O) groups excluding carboxylic acids is 2. The molecule has 0 aliphatic carbocycles. The molecular weight excluding hydrogens is 408 g/mol. The Morgan fingerprint density at radius 3 is 2.53 bits per heavy atom. The third kappa shape index (κ3) is 6.14. The molecule has 1 heterocycles. The highest BCUT2D eigenvalue weighted by molar-refractivity contribution is 5.90. The van der Waals surface area contributed by atoms with Gasteiger partial charge in [-0.3, -0.25) is 5.32 Å². The number of ether oxygens (including phenoxy) is 2. The highest BCUT2D eigenvalue weighted by atomic mass is 16.6. The molecule has 0 radical (unpaired) electrons. The van der Waals surface area contributed by atoms with Crippen molar-refractivity contribution in [2.24, 2.45) is 0 Å². The summed E-state index contributed by atoms with van der Waals surface area (Å²) in [5, 5.41) is 17.5. The first-order valence-corrected chi connectivity index (χ1v) is 10.3. The Balaban J connectivity index is 1.78. The number of nitrogens with zero attached hydrogens (tertiary/aromatic N) is 1. The minimum atomic E-state index is -0.615. The van der Waals surface area contributed by atoms with E-state index >= 15 is 0 Å². The van der Waals surface area contributed by atoms with Gasteiger partial charge in [0.05, 0.1) is 17.7 Å². The van der Waals surface area contributed by atoms with E-state index < -0.39 is 23.3 Å². The van der Waals surface area contributed by atoms with Gasteiger partial charge in [-0.1, -0.05) is 6.07 Å². The van der Waals surface area contributed by atoms with Crippen LogP contribution in [0.2, 0.25) is 0 Å². The van der Waals surface area contributed by atoms with Crippen LogP contribution in [0.25, 0.3) is 0 Å². The van der Waals surface area contributed by atoms with Gasteiger partial charge in [0.25, 0.3) is 0 Å². The van der Waals surface area contributed by atoms with Crippen molar-refractivity contribution in [3.63, 3.8) is 0 Å². The number of rotatable bonds is 3. The van der Waals surface area contributed by atoms with Gasteiger partial charge in [0, 0.05) is 23.4 Å². The average Bonchev–Trinajstić information content (AvgIpc) is 2.66. The van der Waals surface area contributed by atoms with Crippen LogP contribution in [0.5, 0.6) is 5.75 Å². The second-order valence-electron chi connectivity index (χ2n) is 9.29. The summed E-state index contributed by atoms with van der Waals surface area (Å²) in [5.41, 5.74) is 1.16. The van der Waals surface area contributed by atoms with E-state index in [1.54, 1.807) is 63.2 Å². The van der Waals surface area contributed by atoms with Gasteiger partial charge in [0.2, 0.25) is 0 Å². The zero-order chi connectivity index (χ0) is 23.5. The molecule has 2 aromatic carbocycles. The second kappa shape index (κ2) is 8.79. The van der Waals surface area contributed by atoms with Crippen LogP contribution in [0.3, 0.4) is 0 Å². The molecule has 0 spiro atoms. The largest absolute Gasteiger partial charge is 0.487 e. The number of amides is 3. The summed E-state index contributed by atoms with van der Waals surface area (Å²) in [4.78, 5) is 24.8. The van der Waals surface area contributed by atoms with Gasteiger partial charge >= 0.3 is 12.1 Å². The molecule has 8 nitrogen and oxygen atoms in total. The van der Waals surface area contributed by atoms with Crippen molar-refractivity contribution in [3.05, 3.63) is 53.6 Å². The topological polar surface area (TPSA) is 112 Å². The Kier molecular flexibility index (Phi) is 6.30. The van der Waals surface area contributed by atoms with Crippen LogP contribution >= 0.6 is 0 Å². The maximum atomic E-state index is 12.7. The van der Waals surface area contributed by atoms with E-state index in [1.807, 2.05) is 19.9 Å². The molecule has 0 aromatic heterocycles. The Bertz CT molecular complexity index is 1070. The molecule has 168 valence electrons. The summed E-state index contributed by atoms with van der Waals surface area (Å²) in [6.07, 6.45) is -0.0317. The lowest BCUT2D eigenvalue weighted by Crippen LogP contribution is -2.42. The summed E-state index contributed by atoms with van der Waals surface area (Å²) < 4.78 is 11.4. The average molecular weight is 437 g/mol. The van der Waals surface area contributed by atoms with Crippen molar-refractivity contribution in [1.29, 1.82) is 5.26 Å². The third-order valence-corrected chi connectivity index (χ3v) is 4.67. The van der Waals surface area contributed by atoms with Crippen molar-refractivity contribution < 1.29 is 19.1 Å². The first-order chi connectivity index (χ1) is 14.9. The molecule has 0 saturated carbocycles. The van der Waals surface area contributed by atoms with Crippen LogP contribution in [0.1, 0.15) is 58.2 Å². The number of fused-ring (bicyclic) bond motifs is 1. The fourth-order valence-corrected chi connectivity index (χ4v) is 3.47. The van der Waals surface area contributed by atoms with Crippen molar-refractivity contribution in [1.82, 2.24) is 5.32 Å². The summed E-state index contributed by atoms with van der Waals surface area (Å²) in [6.45, 7) is 9.28. The number of urea groups is 1. The van der Waals surface area contributed by atoms with Crippen LogP contribution in [0.15, 0.2) is 42.5 Å². The predicted molar refractivity (Wildman–Crippen MR) is 122 cm³/mol.